The minimum Gasteiger partial charge on any atom is -0.329 e. The number of rotatable bonds is 4. The van der Waals surface area contributed by atoms with Gasteiger partial charge < -0.3 is 11.1 Å². The fraction of sp³-hybridized carbons (Fsp3) is 0.533. The third-order valence-electron chi connectivity index (χ3n) is 3.81. The summed E-state index contributed by atoms with van der Waals surface area (Å²) < 4.78 is 0. The number of hydrogen-bond acceptors (Lipinski definition) is 3. The Morgan fingerprint density at radius 3 is 2.90 bits per heavy atom. The van der Waals surface area contributed by atoms with E-state index in [1.54, 1.807) is 0 Å². The van der Waals surface area contributed by atoms with Crippen LogP contribution in [0.2, 0.25) is 5.02 Å². The molecule has 3 N–H and O–H groups in total. The minimum atomic E-state index is -0.0285. The summed E-state index contributed by atoms with van der Waals surface area (Å²) in [5.74, 6) is -0.0285. The molecule has 20 heavy (non-hydrogen) atoms. The molecule has 1 aliphatic heterocycles. The number of amides is 1. The molecule has 1 unspecified atom stereocenters. The maximum absolute atomic E-state index is 12.2. The highest BCUT2D eigenvalue weighted by molar-refractivity contribution is 6.34. The van der Waals surface area contributed by atoms with Crippen molar-refractivity contribution in [1.29, 1.82) is 0 Å². The van der Waals surface area contributed by atoms with Crippen LogP contribution in [-0.2, 0) is 4.79 Å². The Balaban J connectivity index is 2.01. The number of nitrogens with zero attached hydrogens (tertiary/aromatic N) is 1. The van der Waals surface area contributed by atoms with E-state index in [0.29, 0.717) is 29.8 Å². The normalized spacial score (nSPS) is 19.3. The van der Waals surface area contributed by atoms with Gasteiger partial charge in [-0.25, -0.2) is 0 Å². The van der Waals surface area contributed by atoms with E-state index in [2.05, 4.69) is 10.2 Å². The molecule has 1 aromatic rings. The summed E-state index contributed by atoms with van der Waals surface area (Å²) in [4.78, 5) is 14.3. The molecule has 1 fully saturated rings. The predicted octanol–water partition coefficient (Wildman–Crippen LogP) is 2.32. The van der Waals surface area contributed by atoms with E-state index in [-0.39, 0.29) is 5.91 Å². The molecule has 0 aromatic heterocycles. The van der Waals surface area contributed by atoms with E-state index in [1.165, 1.54) is 0 Å². The van der Waals surface area contributed by atoms with Gasteiger partial charge in [-0.05, 0) is 50.4 Å². The second-order valence-electron chi connectivity index (χ2n) is 5.49. The first kappa shape index (κ1) is 15.3. The molecule has 0 radical (unpaired) electrons. The molecule has 1 saturated heterocycles. The fourth-order valence-electron chi connectivity index (χ4n) is 2.81. The zero-order valence-corrected chi connectivity index (χ0v) is 12.8. The number of anilines is 1. The Labute approximate surface area is 125 Å². The Hall–Kier alpha value is -1.10. The highest BCUT2D eigenvalue weighted by atomic mass is 35.5. The van der Waals surface area contributed by atoms with Crippen molar-refractivity contribution in [3.63, 3.8) is 0 Å². The summed E-state index contributed by atoms with van der Waals surface area (Å²) in [5.41, 5.74) is 8.51. The van der Waals surface area contributed by atoms with Crippen LogP contribution in [-0.4, -0.2) is 36.5 Å². The summed E-state index contributed by atoms with van der Waals surface area (Å²) in [6.45, 7) is 5.87. The average Bonchev–Trinajstić information content (AvgIpc) is 2.81. The molecule has 1 heterocycles. The molecule has 0 aliphatic carbocycles. The van der Waals surface area contributed by atoms with Gasteiger partial charge in [-0.3, -0.25) is 9.69 Å². The third kappa shape index (κ3) is 3.51. The number of carbonyl (C=O) groups is 1. The number of nitrogens with two attached hydrogens (primary N) is 1. The molecule has 110 valence electrons. The fourth-order valence-corrected chi connectivity index (χ4v) is 3.18. The maximum atomic E-state index is 12.2. The van der Waals surface area contributed by atoms with Gasteiger partial charge in [-0.2, -0.15) is 0 Å². The van der Waals surface area contributed by atoms with Crippen LogP contribution in [0.25, 0.3) is 0 Å². The molecule has 1 amide bonds. The number of benzene rings is 1. The second kappa shape index (κ2) is 6.57. The third-order valence-corrected chi connectivity index (χ3v) is 4.11. The Morgan fingerprint density at radius 1 is 1.50 bits per heavy atom. The first-order chi connectivity index (χ1) is 9.51. The molecule has 2 rings (SSSR count). The zero-order valence-electron chi connectivity index (χ0n) is 12.1. The highest BCUT2D eigenvalue weighted by Gasteiger charge is 2.25. The number of nitrogens with one attached hydrogen (secondary N) is 1. The SMILES string of the molecule is Cc1cc(C)c(NC(=O)CN2CCCC2CN)c(Cl)c1. The maximum Gasteiger partial charge on any atom is 0.238 e. The Kier molecular flexibility index (Phi) is 5.02. The average molecular weight is 296 g/mol. The largest absolute Gasteiger partial charge is 0.329 e. The monoisotopic (exact) mass is 295 g/mol. The summed E-state index contributed by atoms with van der Waals surface area (Å²) in [5, 5.41) is 3.51. The van der Waals surface area contributed by atoms with Crippen molar-refractivity contribution in [2.75, 3.05) is 25.0 Å². The summed E-state index contributed by atoms with van der Waals surface area (Å²) in [6.07, 6.45) is 2.19. The van der Waals surface area contributed by atoms with E-state index in [1.807, 2.05) is 26.0 Å². The standard InChI is InChI=1S/C15H22ClN3O/c1-10-6-11(2)15(13(16)7-10)18-14(20)9-19-5-3-4-12(19)8-17/h6-7,12H,3-5,8-9,17H2,1-2H3,(H,18,20). The smallest absolute Gasteiger partial charge is 0.238 e. The van der Waals surface area contributed by atoms with Gasteiger partial charge >= 0.3 is 0 Å². The lowest BCUT2D eigenvalue weighted by Crippen LogP contribution is -2.40. The van der Waals surface area contributed by atoms with Crippen LogP contribution in [0.15, 0.2) is 12.1 Å². The quantitative estimate of drug-likeness (QED) is 0.896. The summed E-state index contributed by atoms with van der Waals surface area (Å²) in [6, 6.07) is 4.21. The summed E-state index contributed by atoms with van der Waals surface area (Å²) >= 11 is 6.20. The van der Waals surface area contributed by atoms with Crippen molar-refractivity contribution < 1.29 is 4.79 Å². The number of carbonyl (C=O) groups excluding carboxylic acids is 1. The number of likely N-dealkylation sites (tertiary alicyclic amines) is 1. The second-order valence-corrected chi connectivity index (χ2v) is 5.90. The molecular formula is C15H22ClN3O. The molecule has 5 heteroatoms. The molecule has 1 aliphatic rings. The van der Waals surface area contributed by atoms with Gasteiger partial charge in [0, 0.05) is 12.6 Å². The van der Waals surface area contributed by atoms with Crippen LogP contribution in [0, 0.1) is 13.8 Å². The van der Waals surface area contributed by atoms with Crippen LogP contribution >= 0.6 is 11.6 Å². The van der Waals surface area contributed by atoms with Crippen molar-refractivity contribution in [2.45, 2.75) is 32.7 Å². The molecule has 1 atom stereocenters. The van der Waals surface area contributed by atoms with E-state index >= 15 is 0 Å². The molecule has 0 bridgehead atoms. The van der Waals surface area contributed by atoms with Gasteiger partial charge in [0.2, 0.25) is 5.91 Å². The first-order valence-corrected chi connectivity index (χ1v) is 7.39. The summed E-state index contributed by atoms with van der Waals surface area (Å²) in [7, 11) is 0. The van der Waals surface area contributed by atoms with Crippen LogP contribution in [0.3, 0.4) is 0 Å². The Morgan fingerprint density at radius 2 is 2.25 bits per heavy atom. The van der Waals surface area contributed by atoms with Crippen LogP contribution in [0.1, 0.15) is 24.0 Å². The van der Waals surface area contributed by atoms with Gasteiger partial charge in [0.05, 0.1) is 17.3 Å². The highest BCUT2D eigenvalue weighted by Crippen LogP contribution is 2.27. The van der Waals surface area contributed by atoms with Gasteiger partial charge in [0.15, 0.2) is 0 Å². The van der Waals surface area contributed by atoms with Crippen LogP contribution in [0.5, 0.6) is 0 Å². The lowest BCUT2D eigenvalue weighted by Gasteiger charge is -2.22. The number of hydrogen-bond donors (Lipinski definition) is 2. The topological polar surface area (TPSA) is 58.4 Å². The first-order valence-electron chi connectivity index (χ1n) is 7.02. The van der Waals surface area contributed by atoms with Gasteiger partial charge in [-0.15, -0.1) is 0 Å². The zero-order chi connectivity index (χ0) is 14.7. The Bertz CT molecular complexity index is 481. The van der Waals surface area contributed by atoms with E-state index in [9.17, 15) is 4.79 Å². The van der Waals surface area contributed by atoms with Crippen LogP contribution < -0.4 is 11.1 Å². The van der Waals surface area contributed by atoms with Crippen molar-refractivity contribution in [3.8, 4) is 0 Å². The predicted molar refractivity (Wildman–Crippen MR) is 83.2 cm³/mol. The number of aryl methyl sites for hydroxylation is 2. The molecule has 1 aromatic carbocycles. The van der Waals surface area contributed by atoms with Crippen molar-refractivity contribution in [2.24, 2.45) is 5.73 Å². The number of halogens is 1. The minimum absolute atomic E-state index is 0.0285. The van der Waals surface area contributed by atoms with E-state index < -0.39 is 0 Å². The van der Waals surface area contributed by atoms with Crippen molar-refractivity contribution in [3.05, 3.63) is 28.3 Å². The molecule has 0 saturated carbocycles. The van der Waals surface area contributed by atoms with E-state index in [0.717, 1.165) is 30.5 Å². The molecule has 4 nitrogen and oxygen atoms in total. The van der Waals surface area contributed by atoms with Gasteiger partial charge in [-0.1, -0.05) is 17.7 Å². The lowest BCUT2D eigenvalue weighted by atomic mass is 10.1. The van der Waals surface area contributed by atoms with Crippen molar-refractivity contribution in [1.82, 2.24) is 4.90 Å². The van der Waals surface area contributed by atoms with Gasteiger partial charge in [0.25, 0.3) is 0 Å². The van der Waals surface area contributed by atoms with Crippen molar-refractivity contribution >= 4 is 23.2 Å². The molecule has 0 spiro atoms. The van der Waals surface area contributed by atoms with Gasteiger partial charge in [0.1, 0.15) is 0 Å². The van der Waals surface area contributed by atoms with Crippen LogP contribution in [0.4, 0.5) is 5.69 Å². The molecular weight excluding hydrogens is 274 g/mol. The van der Waals surface area contributed by atoms with E-state index in [4.69, 9.17) is 17.3 Å². The lowest BCUT2D eigenvalue weighted by molar-refractivity contribution is -0.117.